The van der Waals surface area contributed by atoms with Crippen molar-refractivity contribution in [2.75, 3.05) is 0 Å². The maximum atomic E-state index is 13.0. The number of aromatic carboxylic acids is 1. The molecule has 0 fully saturated rings. The van der Waals surface area contributed by atoms with Crippen LogP contribution in [0.4, 0.5) is 13.2 Å². The van der Waals surface area contributed by atoms with E-state index < -0.39 is 11.5 Å². The van der Waals surface area contributed by atoms with Crippen LogP contribution in [0.3, 0.4) is 0 Å². The number of hydrogen-bond donors (Lipinski definition) is 2. The summed E-state index contributed by atoms with van der Waals surface area (Å²) in [5.74, 6) is -0.602. The number of carbonyl (C=O) groups excluding carboxylic acids is 1. The first-order valence-electron chi connectivity index (χ1n) is 11.7. The van der Waals surface area contributed by atoms with E-state index >= 15 is 0 Å². The van der Waals surface area contributed by atoms with Gasteiger partial charge in [-0.25, -0.2) is 4.79 Å². The summed E-state index contributed by atoms with van der Waals surface area (Å²) >= 11 is -0.145. The van der Waals surface area contributed by atoms with Gasteiger partial charge in [-0.15, -0.1) is 0 Å². The minimum absolute atomic E-state index is 0.124. The molecule has 0 aliphatic carbocycles. The van der Waals surface area contributed by atoms with Crippen molar-refractivity contribution in [2.45, 2.75) is 43.3 Å². The molecule has 6 nitrogen and oxygen atoms in total. The van der Waals surface area contributed by atoms with Gasteiger partial charge in [0.1, 0.15) is 12.4 Å². The first-order chi connectivity index (χ1) is 18.1. The lowest BCUT2D eigenvalue weighted by Crippen LogP contribution is -2.09. The van der Waals surface area contributed by atoms with Gasteiger partial charge in [-0.3, -0.25) is 4.79 Å². The Morgan fingerprint density at radius 3 is 2.29 bits per heavy atom. The van der Waals surface area contributed by atoms with Gasteiger partial charge in [0.2, 0.25) is 5.91 Å². The lowest BCUT2D eigenvalue weighted by Gasteiger charge is -2.15. The van der Waals surface area contributed by atoms with Crippen LogP contribution in [-0.4, -0.2) is 27.1 Å². The number of carbonyl (C=O) groups is 2. The highest BCUT2D eigenvalue weighted by Crippen LogP contribution is 2.39. The van der Waals surface area contributed by atoms with Crippen LogP contribution in [0.25, 0.3) is 10.9 Å². The van der Waals surface area contributed by atoms with E-state index in [0.29, 0.717) is 28.6 Å². The maximum Gasteiger partial charge on any atom is 0.446 e. The number of halogens is 3. The van der Waals surface area contributed by atoms with Gasteiger partial charge in [0, 0.05) is 28.8 Å². The number of para-hydroxylation sites is 1. The molecule has 4 aromatic rings. The number of thioether (sulfide) groups is 1. The highest BCUT2D eigenvalue weighted by molar-refractivity contribution is 8.00. The third-order valence-electron chi connectivity index (χ3n) is 5.39. The van der Waals surface area contributed by atoms with Crippen molar-refractivity contribution in [1.29, 1.82) is 0 Å². The Labute approximate surface area is 222 Å². The minimum atomic E-state index is -4.40. The van der Waals surface area contributed by atoms with Crippen LogP contribution in [0.5, 0.6) is 5.75 Å². The van der Waals surface area contributed by atoms with Gasteiger partial charge in [0.05, 0.1) is 11.3 Å². The molecule has 10 heteroatoms. The van der Waals surface area contributed by atoms with Crippen LogP contribution in [0, 0.1) is 0 Å². The Hall–Kier alpha value is -3.92. The molecule has 0 radical (unpaired) electrons. The van der Waals surface area contributed by atoms with E-state index in [2.05, 4.69) is 0 Å². The van der Waals surface area contributed by atoms with E-state index in [9.17, 15) is 27.9 Å². The summed E-state index contributed by atoms with van der Waals surface area (Å²) in [6, 6.07) is 22.1. The van der Waals surface area contributed by atoms with Gasteiger partial charge < -0.3 is 20.1 Å². The molecular weight excluding hydrogens is 517 g/mol. The first kappa shape index (κ1) is 28.6. The largest absolute Gasteiger partial charge is 0.487 e. The minimum Gasteiger partial charge on any atom is -0.487 e. The molecule has 0 atom stereocenters. The first-order valence-corrected chi connectivity index (χ1v) is 12.5. The number of benzene rings is 3. The predicted octanol–water partition coefficient (Wildman–Crippen LogP) is 6.85. The highest BCUT2D eigenvalue weighted by Gasteiger charge is 2.30. The number of aromatic nitrogens is 1. The number of fused-ring (bicyclic) bond motifs is 1. The molecule has 1 heterocycles. The molecule has 200 valence electrons. The molecule has 1 aromatic heterocycles. The number of hydrogen-bond acceptors (Lipinski definition) is 4. The molecule has 0 bridgehead atoms. The molecule has 0 saturated carbocycles. The molecule has 3 N–H and O–H groups in total. The number of carboxylic acid groups (broad SMARTS) is 1. The van der Waals surface area contributed by atoms with E-state index in [4.69, 9.17) is 10.5 Å². The molecule has 38 heavy (non-hydrogen) atoms. The van der Waals surface area contributed by atoms with Gasteiger partial charge in [-0.1, -0.05) is 43.3 Å². The fourth-order valence-corrected chi connectivity index (χ4v) is 4.38. The van der Waals surface area contributed by atoms with Crippen LogP contribution in [0.2, 0.25) is 0 Å². The van der Waals surface area contributed by atoms with E-state index in [1.807, 2.05) is 47.9 Å². The van der Waals surface area contributed by atoms with E-state index in [1.165, 1.54) is 12.1 Å². The second-order valence-corrected chi connectivity index (χ2v) is 9.38. The zero-order valence-corrected chi connectivity index (χ0v) is 21.4. The predicted molar refractivity (Wildman–Crippen MR) is 141 cm³/mol. The summed E-state index contributed by atoms with van der Waals surface area (Å²) in [4.78, 5) is 21.3. The van der Waals surface area contributed by atoms with E-state index in [1.54, 1.807) is 30.3 Å². The number of nitrogens with zero attached hydrogens (tertiary/aromatic N) is 1. The number of ether oxygens (including phenoxy) is 1. The van der Waals surface area contributed by atoms with Crippen LogP contribution < -0.4 is 10.5 Å². The third kappa shape index (κ3) is 8.31. The smallest absolute Gasteiger partial charge is 0.446 e. The Kier molecular flexibility index (Phi) is 9.84. The molecule has 0 aliphatic rings. The summed E-state index contributed by atoms with van der Waals surface area (Å²) in [7, 11) is 0. The average molecular weight is 545 g/mol. The normalized spacial score (nSPS) is 11.1. The van der Waals surface area contributed by atoms with Crippen LogP contribution in [-0.2, 0) is 17.9 Å². The lowest BCUT2D eigenvalue weighted by molar-refractivity contribution is -0.118. The zero-order chi connectivity index (χ0) is 27.7. The molecule has 0 saturated heterocycles. The van der Waals surface area contributed by atoms with Crippen molar-refractivity contribution in [3.8, 4) is 5.75 Å². The Balaban J connectivity index is 0.000000599. The fourth-order valence-electron chi connectivity index (χ4n) is 3.72. The van der Waals surface area contributed by atoms with E-state index in [-0.39, 0.29) is 41.3 Å². The van der Waals surface area contributed by atoms with Crippen molar-refractivity contribution < 1.29 is 32.6 Å². The van der Waals surface area contributed by atoms with Gasteiger partial charge >= 0.3 is 11.5 Å². The lowest BCUT2D eigenvalue weighted by atomic mass is 10.1. The molecule has 3 aromatic carbocycles. The monoisotopic (exact) mass is 544 g/mol. The number of alkyl halides is 3. The molecule has 0 spiro atoms. The standard InChI is InChI=1S/C24H18F3NO3S.C4H9NO/c25-24(26,27)32-22-9-5-4-6-17(22)14-28-19(15-31-20-7-2-1-3-8-20)13-18-12-16(23(29)30)10-11-21(18)28;1-2-3-4(5)6/h1-13H,14-15H2,(H,29,30);2-3H2,1H3,(H2,5,6). The van der Waals surface area contributed by atoms with Crippen molar-refractivity contribution in [1.82, 2.24) is 4.57 Å². The molecule has 0 aliphatic heterocycles. The number of amides is 1. The maximum absolute atomic E-state index is 13.0. The molecular formula is C28H27F3N2O4S. The Bertz CT molecular complexity index is 1390. The third-order valence-corrected chi connectivity index (χ3v) is 6.24. The fraction of sp³-hybridized carbons (Fsp3) is 0.214. The van der Waals surface area contributed by atoms with Crippen LogP contribution in [0.15, 0.2) is 83.8 Å². The molecule has 4 rings (SSSR count). The number of carboxylic acids is 1. The Morgan fingerprint density at radius 2 is 1.68 bits per heavy atom. The summed E-state index contributed by atoms with van der Waals surface area (Å²) in [6.45, 7) is 2.28. The van der Waals surface area contributed by atoms with Crippen molar-refractivity contribution >= 4 is 34.5 Å². The quantitative estimate of drug-likeness (QED) is 0.225. The van der Waals surface area contributed by atoms with Crippen LogP contribution in [0.1, 0.15) is 41.4 Å². The van der Waals surface area contributed by atoms with Gasteiger partial charge in [0.15, 0.2) is 0 Å². The van der Waals surface area contributed by atoms with Gasteiger partial charge in [-0.2, -0.15) is 13.2 Å². The van der Waals surface area contributed by atoms with E-state index in [0.717, 1.165) is 12.1 Å². The summed E-state index contributed by atoms with van der Waals surface area (Å²) in [5.41, 5.74) is 2.45. The Morgan fingerprint density at radius 1 is 1.00 bits per heavy atom. The number of primary amides is 1. The van der Waals surface area contributed by atoms with Crippen molar-refractivity contribution in [2.24, 2.45) is 5.73 Å². The van der Waals surface area contributed by atoms with Gasteiger partial charge in [-0.05, 0) is 66.2 Å². The summed E-state index contributed by atoms with van der Waals surface area (Å²) in [5, 5.41) is 9.99. The number of nitrogens with two attached hydrogens (primary N) is 1. The van der Waals surface area contributed by atoms with Crippen molar-refractivity contribution in [3.63, 3.8) is 0 Å². The van der Waals surface area contributed by atoms with Gasteiger partial charge in [0.25, 0.3) is 0 Å². The number of rotatable bonds is 9. The average Bonchev–Trinajstić information content (AvgIpc) is 3.20. The topological polar surface area (TPSA) is 94.6 Å². The van der Waals surface area contributed by atoms with Crippen molar-refractivity contribution in [3.05, 3.63) is 95.7 Å². The summed E-state index contributed by atoms with van der Waals surface area (Å²) < 4.78 is 46.9. The molecule has 1 amide bonds. The molecule has 0 unspecified atom stereocenters. The SMILES string of the molecule is CCCC(N)=O.O=C(O)c1ccc2c(c1)cc(COc1ccccc1)n2Cc1ccccc1SC(F)(F)F. The van der Waals surface area contributed by atoms with Crippen LogP contribution >= 0.6 is 11.8 Å². The summed E-state index contributed by atoms with van der Waals surface area (Å²) in [6.07, 6.45) is 1.37. The zero-order valence-electron chi connectivity index (χ0n) is 20.6. The second kappa shape index (κ2) is 13.0. The second-order valence-electron chi connectivity index (χ2n) is 8.27. The highest BCUT2D eigenvalue weighted by atomic mass is 32.2.